The van der Waals surface area contributed by atoms with Crippen LogP contribution in [-0.4, -0.2) is 6.71 Å². The van der Waals surface area contributed by atoms with Crippen LogP contribution in [0.15, 0.2) is 162 Å². The van der Waals surface area contributed by atoms with Gasteiger partial charge in [-0.2, -0.15) is 0 Å². The molecule has 92 heavy (non-hydrogen) atoms. The second-order valence-electron chi connectivity index (χ2n) is 34.8. The third-order valence-electron chi connectivity index (χ3n) is 23.3. The van der Waals surface area contributed by atoms with E-state index < -0.39 is 0 Å². The Labute approximate surface area is 550 Å². The zero-order chi connectivity index (χ0) is 65.1. The average Bonchev–Trinajstić information content (AvgIpc) is 0.926. The van der Waals surface area contributed by atoms with E-state index in [9.17, 15) is 0 Å². The van der Waals surface area contributed by atoms with Crippen molar-refractivity contribution in [3.8, 4) is 11.1 Å². The third-order valence-corrected chi connectivity index (χ3v) is 23.3. The van der Waals surface area contributed by atoms with Crippen LogP contribution in [0, 0.1) is 13.8 Å². The number of rotatable bonds is 6. The predicted molar refractivity (Wildman–Crippen MR) is 396 cm³/mol. The molecule has 0 spiro atoms. The Morgan fingerprint density at radius 3 is 1.34 bits per heavy atom. The van der Waals surface area contributed by atoms with Crippen LogP contribution in [0.3, 0.4) is 0 Å². The average molecular weight is 1210 g/mol. The van der Waals surface area contributed by atoms with Crippen LogP contribution in [0.25, 0.3) is 33.1 Å². The fourth-order valence-electron chi connectivity index (χ4n) is 17.8. The van der Waals surface area contributed by atoms with Crippen LogP contribution < -0.4 is 31.1 Å². The van der Waals surface area contributed by atoms with Crippen molar-refractivity contribution in [3.05, 3.63) is 213 Å². The highest BCUT2D eigenvalue weighted by Gasteiger charge is 2.50. The monoisotopic (exact) mass is 1210 g/mol. The van der Waals surface area contributed by atoms with Gasteiger partial charge < -0.3 is 19.1 Å². The summed E-state index contributed by atoms with van der Waals surface area (Å²) < 4.78 is 6.67. The van der Waals surface area contributed by atoms with Crippen LogP contribution in [0.4, 0.5) is 51.2 Å². The molecule has 0 unspecified atom stereocenters. The zero-order valence-corrected chi connectivity index (χ0v) is 58.9. The lowest BCUT2D eigenvalue weighted by Gasteiger charge is -2.47. The van der Waals surface area contributed by atoms with E-state index in [1.807, 2.05) is 0 Å². The molecule has 0 N–H and O–H groups in total. The van der Waals surface area contributed by atoms with Gasteiger partial charge in [0.05, 0.1) is 5.69 Å². The molecule has 5 heteroatoms. The highest BCUT2D eigenvalue weighted by Crippen LogP contribution is 2.57. The van der Waals surface area contributed by atoms with Gasteiger partial charge in [0, 0.05) is 56.3 Å². The Kier molecular flexibility index (Phi) is 13.1. The zero-order valence-electron chi connectivity index (χ0n) is 58.9. The maximum absolute atomic E-state index is 6.67. The van der Waals surface area contributed by atoms with Gasteiger partial charge in [-0.1, -0.05) is 210 Å². The van der Waals surface area contributed by atoms with Gasteiger partial charge in [0.1, 0.15) is 11.2 Å². The minimum Gasteiger partial charge on any atom is -0.456 e. The molecule has 4 nitrogen and oxygen atoms in total. The van der Waals surface area contributed by atoms with Crippen molar-refractivity contribution in [1.29, 1.82) is 0 Å². The van der Waals surface area contributed by atoms with Crippen LogP contribution >= 0.6 is 0 Å². The van der Waals surface area contributed by atoms with Gasteiger partial charge in [-0.15, -0.1) is 0 Å². The maximum atomic E-state index is 6.67. The van der Waals surface area contributed by atoms with Crippen molar-refractivity contribution >= 4 is 96.2 Å². The molecule has 3 heterocycles. The first-order chi connectivity index (χ1) is 43.1. The minimum atomic E-state index is -0.135. The molecule has 5 aliphatic rings. The topological polar surface area (TPSA) is 22.9 Å². The van der Waals surface area contributed by atoms with Gasteiger partial charge in [-0.25, -0.2) is 0 Å². The molecule has 10 aromatic rings. The predicted octanol–water partition coefficient (Wildman–Crippen LogP) is 22.7. The summed E-state index contributed by atoms with van der Waals surface area (Å²) in [6.45, 7) is 48.5. The summed E-state index contributed by atoms with van der Waals surface area (Å²) >= 11 is 0. The molecule has 1 aromatic heterocycles. The van der Waals surface area contributed by atoms with E-state index in [2.05, 4.69) is 311 Å². The SMILES string of the molecule is Cc1cc2c(cc1N1c3ccc(-c4cccc5oc6ccccc6c45)cc3B3c4cc5c(cc4N(c4cc6c(cc4C)C(C)(C)CCC6(C)C)c4cc(N(c6ccc(C(C)(C)C)cc6)c6ccc(C(C)(C)C)cc6)cc1c43)C(C)(C)CC5(C)C)C(C)(C)CCC2(C)C. The molecule has 0 atom stereocenters. The van der Waals surface area contributed by atoms with Crippen molar-refractivity contribution in [2.24, 2.45) is 0 Å². The Bertz CT molecular complexity index is 4660. The van der Waals surface area contributed by atoms with E-state index in [0.717, 1.165) is 71.1 Å². The summed E-state index contributed by atoms with van der Waals surface area (Å²) in [4.78, 5) is 8.08. The van der Waals surface area contributed by atoms with E-state index in [4.69, 9.17) is 4.42 Å². The molecule has 2 aliphatic heterocycles. The molecule has 0 amide bonds. The third kappa shape index (κ3) is 9.25. The van der Waals surface area contributed by atoms with Crippen LogP contribution in [0.2, 0.25) is 0 Å². The lowest BCUT2D eigenvalue weighted by molar-refractivity contribution is 0.332. The lowest BCUT2D eigenvalue weighted by Crippen LogP contribution is -2.61. The summed E-state index contributed by atoms with van der Waals surface area (Å²) in [5.74, 6) is 0. The van der Waals surface area contributed by atoms with Crippen molar-refractivity contribution in [2.45, 2.75) is 214 Å². The van der Waals surface area contributed by atoms with Gasteiger partial charge in [0.2, 0.25) is 0 Å². The van der Waals surface area contributed by atoms with Crippen LogP contribution in [0.5, 0.6) is 0 Å². The molecule has 0 fully saturated rings. The standard InChI is InChI=1S/C87H96BN3O/c1-52-42-62-65(84(13,14)40-38-82(62,9)10)48-71(52)90-70-37-28-54(60-25-23-27-77-78(60)61-24-21-22-26-76(61)92-77)44-68(70)88-69-47-64-67(87(19,20)51-86(64,17)18)50-73(69)91(72-49-66-63(43-53(72)2)83(11,12)39-41-85(66,15)16)75-46-59(45-74(90)79(75)88)89(57-33-29-55(30-34-57)80(3,4)5)58-35-31-56(32-36-58)81(6,7)8/h21-37,42-50H,38-41,51H2,1-20H3. The van der Waals surface area contributed by atoms with Crippen LogP contribution in [-0.2, 0) is 43.3 Å². The molecule has 0 radical (unpaired) electrons. The molecule has 0 bridgehead atoms. The molecular weight excluding hydrogens is 1110 g/mol. The quantitative estimate of drug-likeness (QED) is 0.155. The van der Waals surface area contributed by atoms with Gasteiger partial charge in [-0.05, 0) is 245 Å². The highest BCUT2D eigenvalue weighted by atomic mass is 16.3. The Balaban J connectivity index is 1.11. The van der Waals surface area contributed by atoms with Gasteiger partial charge >= 0.3 is 0 Å². The van der Waals surface area contributed by atoms with Gasteiger partial charge in [0.25, 0.3) is 6.71 Å². The molecule has 0 saturated carbocycles. The van der Waals surface area contributed by atoms with Crippen molar-refractivity contribution in [2.75, 3.05) is 14.7 Å². The fourth-order valence-corrected chi connectivity index (χ4v) is 17.8. The first-order valence-corrected chi connectivity index (χ1v) is 34.5. The smallest absolute Gasteiger partial charge is 0.252 e. The number of fused-ring (bicyclic) bond motifs is 10. The Hall–Kier alpha value is -7.76. The van der Waals surface area contributed by atoms with Crippen molar-refractivity contribution in [1.82, 2.24) is 0 Å². The van der Waals surface area contributed by atoms with E-state index in [-0.39, 0.29) is 50.0 Å². The first kappa shape index (κ1) is 60.5. The summed E-state index contributed by atoms with van der Waals surface area (Å²) in [5, 5.41) is 2.30. The number of aryl methyl sites for hydroxylation is 2. The van der Waals surface area contributed by atoms with Crippen molar-refractivity contribution < 1.29 is 4.42 Å². The number of anilines is 9. The lowest BCUT2D eigenvalue weighted by atomic mass is 9.33. The van der Waals surface area contributed by atoms with E-state index in [0.29, 0.717) is 0 Å². The molecule has 468 valence electrons. The molecule has 3 aliphatic carbocycles. The number of hydrogen-bond acceptors (Lipinski definition) is 4. The number of furan rings is 1. The highest BCUT2D eigenvalue weighted by molar-refractivity contribution is 7.00. The first-order valence-electron chi connectivity index (χ1n) is 34.5. The second-order valence-corrected chi connectivity index (χ2v) is 34.8. The van der Waals surface area contributed by atoms with Gasteiger partial charge in [0.15, 0.2) is 0 Å². The van der Waals surface area contributed by atoms with E-state index in [1.54, 1.807) is 0 Å². The second kappa shape index (κ2) is 19.9. The summed E-state index contributed by atoms with van der Waals surface area (Å²) in [5.41, 5.74) is 33.1. The number of para-hydroxylation sites is 1. The van der Waals surface area contributed by atoms with E-state index in [1.165, 1.54) is 117 Å². The molecule has 0 saturated heterocycles. The molecular formula is C87H96BN3O. The Morgan fingerprint density at radius 1 is 0.391 bits per heavy atom. The number of benzene rings is 9. The Morgan fingerprint density at radius 2 is 0.826 bits per heavy atom. The number of nitrogens with zero attached hydrogens (tertiary/aromatic N) is 3. The van der Waals surface area contributed by atoms with E-state index >= 15 is 0 Å². The van der Waals surface area contributed by atoms with Gasteiger partial charge in [-0.3, -0.25) is 0 Å². The summed E-state index contributed by atoms with van der Waals surface area (Å²) in [6, 6.07) is 62.8. The van der Waals surface area contributed by atoms with Crippen molar-refractivity contribution in [3.63, 3.8) is 0 Å². The largest absolute Gasteiger partial charge is 0.456 e. The fraction of sp³-hybridized carbons (Fsp3) is 0.379. The van der Waals surface area contributed by atoms with Crippen LogP contribution in [0.1, 0.15) is 212 Å². The summed E-state index contributed by atoms with van der Waals surface area (Å²) in [6.07, 6.45) is 5.66. The minimum absolute atomic E-state index is 0.0137. The summed E-state index contributed by atoms with van der Waals surface area (Å²) in [7, 11) is 0. The molecule has 9 aromatic carbocycles. The molecule has 15 rings (SSSR count). The normalized spacial score (nSPS) is 18.5. The number of hydrogen-bond donors (Lipinski definition) is 0. The maximum Gasteiger partial charge on any atom is 0.252 e.